The maximum Gasteiger partial charge on any atom is 0.414 e. The summed E-state index contributed by atoms with van der Waals surface area (Å²) in [5.74, 6) is -1.49. The molecule has 3 amide bonds. The molecule has 2 saturated heterocycles. The molecule has 0 aromatic heterocycles. The lowest BCUT2D eigenvalue weighted by atomic mass is 10.1. The van der Waals surface area contributed by atoms with Crippen LogP contribution >= 0.6 is 0 Å². The Morgan fingerprint density at radius 3 is 2.39 bits per heavy atom. The minimum absolute atomic E-state index is 0.111. The van der Waals surface area contributed by atoms with Gasteiger partial charge in [0.2, 0.25) is 0 Å². The first-order valence-corrected chi connectivity index (χ1v) is 10.3. The first-order valence-electron chi connectivity index (χ1n) is 10.3. The third-order valence-electron chi connectivity index (χ3n) is 5.35. The number of ether oxygens (including phenoxy) is 2. The number of morpholine rings is 1. The number of cyclic esters (lactones) is 1. The van der Waals surface area contributed by atoms with E-state index in [4.69, 9.17) is 20.6 Å². The van der Waals surface area contributed by atoms with Gasteiger partial charge in [-0.25, -0.2) is 4.79 Å². The molecule has 11 nitrogen and oxygen atoms in total. The zero-order valence-corrected chi connectivity index (χ0v) is 17.6. The summed E-state index contributed by atoms with van der Waals surface area (Å²) in [6.07, 6.45) is -3.60. The van der Waals surface area contributed by atoms with Gasteiger partial charge >= 0.3 is 6.09 Å². The van der Waals surface area contributed by atoms with Crippen molar-refractivity contribution in [3.63, 3.8) is 0 Å². The minimum Gasteiger partial charge on any atom is -0.447 e. The molecule has 0 radical (unpaired) electrons. The maximum atomic E-state index is 13.1. The number of aliphatic hydroxyl groups excluding tert-OH is 1. The first kappa shape index (κ1) is 22.2. The average molecular weight is 453 g/mol. The molecule has 11 heteroatoms. The second-order valence-electron chi connectivity index (χ2n) is 7.49. The standard InChI is InChI=1S/C22H23N5O6/c23-19(24)13-4-6-14(7-5-13)25-20(29)17(28)18-21(30)26(8-10-32-18)15-2-1-3-16(12-15)27-9-11-33-22(27)31/h1-7,12,17-18,28H,8-11H2,(H3,23,24)(H,25,29)/t17?,18-/m1/s1. The van der Waals surface area contributed by atoms with Crippen molar-refractivity contribution in [2.24, 2.45) is 5.73 Å². The molecule has 0 spiro atoms. The number of rotatable bonds is 6. The Labute approximate surface area is 189 Å². The molecule has 2 aliphatic heterocycles. The highest BCUT2D eigenvalue weighted by molar-refractivity contribution is 6.04. The number of carbonyl (C=O) groups is 3. The number of anilines is 3. The van der Waals surface area contributed by atoms with Gasteiger partial charge in [-0.1, -0.05) is 6.07 Å². The fourth-order valence-electron chi connectivity index (χ4n) is 3.63. The molecule has 33 heavy (non-hydrogen) atoms. The summed E-state index contributed by atoms with van der Waals surface area (Å²) in [4.78, 5) is 40.3. The highest BCUT2D eigenvalue weighted by Crippen LogP contribution is 2.27. The Morgan fingerprint density at radius 1 is 1.09 bits per heavy atom. The highest BCUT2D eigenvalue weighted by atomic mass is 16.6. The number of carbonyl (C=O) groups excluding carboxylic acids is 3. The minimum atomic E-state index is -1.75. The Hall–Kier alpha value is -3.96. The Bertz CT molecular complexity index is 1090. The van der Waals surface area contributed by atoms with Crippen LogP contribution in [0.1, 0.15) is 5.56 Å². The van der Waals surface area contributed by atoms with Crippen molar-refractivity contribution in [2.45, 2.75) is 12.2 Å². The van der Waals surface area contributed by atoms with Crippen LogP contribution in [0.25, 0.3) is 0 Å². The van der Waals surface area contributed by atoms with Crippen molar-refractivity contribution >= 4 is 40.8 Å². The van der Waals surface area contributed by atoms with Crippen molar-refractivity contribution in [1.82, 2.24) is 0 Å². The van der Waals surface area contributed by atoms with E-state index in [1.807, 2.05) is 0 Å². The molecule has 2 heterocycles. The van der Waals surface area contributed by atoms with Crippen molar-refractivity contribution < 1.29 is 29.0 Å². The van der Waals surface area contributed by atoms with Crippen LogP contribution in [-0.4, -0.2) is 67.4 Å². The van der Waals surface area contributed by atoms with Gasteiger partial charge in [-0.05, 0) is 42.5 Å². The van der Waals surface area contributed by atoms with Gasteiger partial charge in [0, 0.05) is 29.2 Å². The van der Waals surface area contributed by atoms with Gasteiger partial charge < -0.3 is 30.5 Å². The second kappa shape index (κ2) is 9.27. The fraction of sp³-hybridized carbons (Fsp3) is 0.273. The predicted molar refractivity (Wildman–Crippen MR) is 119 cm³/mol. The molecule has 5 N–H and O–H groups in total. The number of nitrogen functional groups attached to an aromatic ring is 1. The van der Waals surface area contributed by atoms with Crippen LogP contribution in [0.15, 0.2) is 48.5 Å². The Morgan fingerprint density at radius 2 is 1.76 bits per heavy atom. The number of nitrogens with two attached hydrogens (primary N) is 1. The molecule has 4 rings (SSSR count). The van der Waals surface area contributed by atoms with E-state index < -0.39 is 30.1 Å². The van der Waals surface area contributed by atoms with E-state index in [1.54, 1.807) is 36.4 Å². The number of hydrogen-bond donors (Lipinski definition) is 4. The van der Waals surface area contributed by atoms with Gasteiger partial charge in [0.15, 0.2) is 12.2 Å². The van der Waals surface area contributed by atoms with Crippen LogP contribution in [0.4, 0.5) is 21.9 Å². The number of benzene rings is 2. The zero-order valence-electron chi connectivity index (χ0n) is 17.6. The van der Waals surface area contributed by atoms with Crippen molar-refractivity contribution in [3.05, 3.63) is 54.1 Å². The molecule has 0 bridgehead atoms. The molecule has 0 aliphatic carbocycles. The SMILES string of the molecule is N=C(N)c1ccc(NC(=O)C(O)[C@H]2OCCN(c3cccc(N4CCOC4=O)c3)C2=O)cc1. The Balaban J connectivity index is 1.46. The van der Waals surface area contributed by atoms with Crippen LogP contribution in [-0.2, 0) is 19.1 Å². The number of amidine groups is 1. The van der Waals surface area contributed by atoms with Gasteiger partial charge in [0.05, 0.1) is 13.2 Å². The predicted octanol–water partition coefficient (Wildman–Crippen LogP) is 0.659. The summed E-state index contributed by atoms with van der Waals surface area (Å²) in [6.45, 7) is 1.04. The van der Waals surface area contributed by atoms with Crippen molar-refractivity contribution in [3.8, 4) is 0 Å². The summed E-state index contributed by atoms with van der Waals surface area (Å²) in [7, 11) is 0. The molecule has 2 fully saturated rings. The second-order valence-corrected chi connectivity index (χ2v) is 7.49. The van der Waals surface area contributed by atoms with Crippen LogP contribution in [0.2, 0.25) is 0 Å². The van der Waals surface area contributed by atoms with E-state index in [-0.39, 0.29) is 19.0 Å². The lowest BCUT2D eigenvalue weighted by molar-refractivity contribution is -0.150. The van der Waals surface area contributed by atoms with Gasteiger partial charge in [-0.15, -0.1) is 0 Å². The lowest BCUT2D eigenvalue weighted by Crippen LogP contribution is -2.55. The molecule has 0 saturated carbocycles. The van der Waals surface area contributed by atoms with Crippen molar-refractivity contribution in [2.75, 3.05) is 41.4 Å². The summed E-state index contributed by atoms with van der Waals surface area (Å²) < 4.78 is 10.4. The topological polar surface area (TPSA) is 158 Å². The summed E-state index contributed by atoms with van der Waals surface area (Å²) >= 11 is 0. The van der Waals surface area contributed by atoms with E-state index >= 15 is 0 Å². The third kappa shape index (κ3) is 4.64. The monoisotopic (exact) mass is 453 g/mol. The first-order chi connectivity index (χ1) is 15.8. The number of aliphatic hydroxyl groups is 1. The van der Waals surface area contributed by atoms with Gasteiger partial charge in [-0.3, -0.25) is 19.9 Å². The summed E-state index contributed by atoms with van der Waals surface area (Å²) in [5, 5.41) is 20.5. The average Bonchev–Trinajstić information content (AvgIpc) is 3.25. The summed E-state index contributed by atoms with van der Waals surface area (Å²) in [5.41, 5.74) is 7.36. The van der Waals surface area contributed by atoms with Crippen LogP contribution < -0.4 is 20.9 Å². The van der Waals surface area contributed by atoms with E-state index in [0.717, 1.165) is 0 Å². The summed E-state index contributed by atoms with van der Waals surface area (Å²) in [6, 6.07) is 13.0. The van der Waals surface area contributed by atoms with Crippen molar-refractivity contribution in [1.29, 1.82) is 5.41 Å². The van der Waals surface area contributed by atoms with Gasteiger partial charge in [0.1, 0.15) is 12.4 Å². The largest absolute Gasteiger partial charge is 0.447 e. The highest BCUT2D eigenvalue weighted by Gasteiger charge is 2.39. The lowest BCUT2D eigenvalue weighted by Gasteiger charge is -2.34. The zero-order chi connectivity index (χ0) is 23.5. The van der Waals surface area contributed by atoms with Crippen LogP contribution in [0, 0.1) is 5.41 Å². The number of hydrogen-bond acceptors (Lipinski definition) is 7. The van der Waals surface area contributed by atoms with Crippen LogP contribution in [0.5, 0.6) is 0 Å². The molecule has 2 aliphatic rings. The number of nitrogens with zero attached hydrogens (tertiary/aromatic N) is 2. The molecule has 172 valence electrons. The third-order valence-corrected chi connectivity index (χ3v) is 5.35. The fourth-order valence-corrected chi connectivity index (χ4v) is 3.63. The molecular weight excluding hydrogens is 430 g/mol. The molecule has 1 unspecified atom stereocenters. The van der Waals surface area contributed by atoms with Gasteiger partial charge in [0.25, 0.3) is 11.8 Å². The van der Waals surface area contributed by atoms with E-state index in [1.165, 1.54) is 21.9 Å². The number of nitrogens with one attached hydrogen (secondary N) is 2. The Kier molecular flexibility index (Phi) is 6.24. The quantitative estimate of drug-likeness (QED) is 0.369. The normalized spacial score (nSPS) is 19.2. The van der Waals surface area contributed by atoms with Crippen LogP contribution in [0.3, 0.4) is 0 Å². The molecular formula is C22H23N5O6. The molecule has 2 aromatic rings. The molecule has 2 aromatic carbocycles. The van der Waals surface area contributed by atoms with E-state index in [2.05, 4.69) is 5.32 Å². The number of amides is 3. The van der Waals surface area contributed by atoms with E-state index in [0.29, 0.717) is 35.8 Å². The molecule has 2 atom stereocenters. The van der Waals surface area contributed by atoms with E-state index in [9.17, 15) is 19.5 Å². The van der Waals surface area contributed by atoms with Gasteiger partial charge in [-0.2, -0.15) is 0 Å². The maximum absolute atomic E-state index is 13.1. The smallest absolute Gasteiger partial charge is 0.414 e.